The molecular formula is C15H18ClFN2. The van der Waals surface area contributed by atoms with Crippen LogP contribution in [0.25, 0.3) is 11.0 Å². The van der Waals surface area contributed by atoms with Crippen molar-refractivity contribution in [3.8, 4) is 0 Å². The first-order valence-electron chi connectivity index (χ1n) is 6.74. The maximum atomic E-state index is 13.9. The number of hydrogen-bond acceptors (Lipinski definition) is 1. The van der Waals surface area contributed by atoms with E-state index in [0.717, 1.165) is 11.3 Å². The van der Waals surface area contributed by atoms with E-state index in [0.29, 0.717) is 11.4 Å². The molecule has 1 aliphatic rings. The van der Waals surface area contributed by atoms with Crippen LogP contribution in [-0.4, -0.2) is 9.55 Å². The monoisotopic (exact) mass is 280 g/mol. The Morgan fingerprint density at radius 2 is 2.11 bits per heavy atom. The van der Waals surface area contributed by atoms with E-state index in [1.54, 1.807) is 6.07 Å². The molecule has 0 aliphatic heterocycles. The summed E-state index contributed by atoms with van der Waals surface area (Å²) in [5, 5.41) is -0.232. The number of rotatable bonds is 3. The van der Waals surface area contributed by atoms with Crippen molar-refractivity contribution in [2.45, 2.75) is 44.5 Å². The summed E-state index contributed by atoms with van der Waals surface area (Å²) < 4.78 is 16.1. The summed E-state index contributed by atoms with van der Waals surface area (Å²) in [6.45, 7) is 6.28. The van der Waals surface area contributed by atoms with Crippen molar-refractivity contribution in [2.24, 2.45) is 5.92 Å². The first-order chi connectivity index (χ1) is 8.93. The van der Waals surface area contributed by atoms with Crippen molar-refractivity contribution in [3.63, 3.8) is 0 Å². The number of fused-ring (bicyclic) bond motifs is 1. The molecule has 1 fully saturated rings. The molecule has 0 spiro atoms. The van der Waals surface area contributed by atoms with Gasteiger partial charge in [0.05, 0.1) is 10.9 Å². The minimum Gasteiger partial charge on any atom is -0.321 e. The van der Waals surface area contributed by atoms with Crippen molar-refractivity contribution >= 4 is 22.6 Å². The zero-order chi connectivity index (χ0) is 13.8. The zero-order valence-electron chi connectivity index (χ0n) is 11.5. The number of hydrogen-bond donors (Lipinski definition) is 0. The summed E-state index contributed by atoms with van der Waals surface area (Å²) in [4.78, 5) is 4.44. The van der Waals surface area contributed by atoms with Gasteiger partial charge in [-0.3, -0.25) is 0 Å². The van der Waals surface area contributed by atoms with Crippen molar-refractivity contribution in [2.75, 3.05) is 0 Å². The summed E-state index contributed by atoms with van der Waals surface area (Å²) in [6.07, 6.45) is 2.44. The fraction of sp³-hybridized carbons (Fsp3) is 0.533. The van der Waals surface area contributed by atoms with Crippen molar-refractivity contribution in [1.82, 2.24) is 9.55 Å². The molecule has 1 aromatic carbocycles. The van der Waals surface area contributed by atoms with E-state index < -0.39 is 0 Å². The first-order valence-corrected chi connectivity index (χ1v) is 7.18. The molecule has 1 saturated carbocycles. The molecule has 0 N–H and O–H groups in total. The van der Waals surface area contributed by atoms with Crippen LogP contribution in [0.2, 0.25) is 0 Å². The lowest BCUT2D eigenvalue weighted by atomic mass is 9.97. The van der Waals surface area contributed by atoms with Crippen LogP contribution in [0.1, 0.15) is 44.8 Å². The predicted molar refractivity (Wildman–Crippen MR) is 76.0 cm³/mol. The van der Waals surface area contributed by atoms with Gasteiger partial charge in [0.2, 0.25) is 0 Å². The largest absolute Gasteiger partial charge is 0.321 e. The van der Waals surface area contributed by atoms with E-state index >= 15 is 0 Å². The molecule has 1 unspecified atom stereocenters. The fourth-order valence-electron chi connectivity index (χ4n) is 2.93. The van der Waals surface area contributed by atoms with Gasteiger partial charge in [-0.1, -0.05) is 6.07 Å². The maximum absolute atomic E-state index is 13.9. The molecule has 1 aromatic heterocycles. The lowest BCUT2D eigenvalue weighted by molar-refractivity contribution is 0.304. The molecule has 0 radical (unpaired) electrons. The van der Waals surface area contributed by atoms with Gasteiger partial charge in [0.1, 0.15) is 11.3 Å². The third kappa shape index (κ3) is 1.95. The molecule has 19 heavy (non-hydrogen) atoms. The van der Waals surface area contributed by atoms with Crippen LogP contribution in [-0.2, 0) is 5.54 Å². The van der Waals surface area contributed by atoms with Gasteiger partial charge in [0, 0.05) is 5.54 Å². The normalized spacial score (nSPS) is 17.9. The Morgan fingerprint density at radius 3 is 2.68 bits per heavy atom. The highest BCUT2D eigenvalue weighted by atomic mass is 35.5. The van der Waals surface area contributed by atoms with E-state index in [2.05, 4.69) is 23.4 Å². The Labute approximate surface area is 117 Å². The molecule has 1 heterocycles. The summed E-state index contributed by atoms with van der Waals surface area (Å²) in [5.41, 5.74) is 1.21. The van der Waals surface area contributed by atoms with Gasteiger partial charge in [-0.05, 0) is 51.7 Å². The maximum Gasteiger partial charge on any atom is 0.151 e. The zero-order valence-corrected chi connectivity index (χ0v) is 12.2. The van der Waals surface area contributed by atoms with Crippen LogP contribution in [0.3, 0.4) is 0 Å². The lowest BCUT2D eigenvalue weighted by Gasteiger charge is -2.30. The van der Waals surface area contributed by atoms with E-state index in [-0.39, 0.29) is 16.7 Å². The van der Waals surface area contributed by atoms with Gasteiger partial charge in [-0.15, -0.1) is 11.6 Å². The van der Waals surface area contributed by atoms with Crippen molar-refractivity contribution in [3.05, 3.63) is 29.8 Å². The molecule has 0 amide bonds. The smallest absolute Gasteiger partial charge is 0.151 e. The number of alkyl halides is 1. The Balaban J connectivity index is 2.31. The molecule has 0 saturated heterocycles. The molecule has 4 heteroatoms. The summed E-state index contributed by atoms with van der Waals surface area (Å²) in [6, 6.07) is 5.12. The second-order valence-corrected chi connectivity index (χ2v) is 6.61. The number of benzene rings is 1. The van der Waals surface area contributed by atoms with Gasteiger partial charge in [0.15, 0.2) is 5.82 Å². The van der Waals surface area contributed by atoms with E-state index in [1.165, 1.54) is 18.9 Å². The van der Waals surface area contributed by atoms with Crippen LogP contribution in [0.15, 0.2) is 18.2 Å². The molecule has 2 aromatic rings. The van der Waals surface area contributed by atoms with Crippen LogP contribution in [0, 0.1) is 11.7 Å². The van der Waals surface area contributed by atoms with Crippen LogP contribution < -0.4 is 0 Å². The third-order valence-electron chi connectivity index (χ3n) is 4.17. The van der Waals surface area contributed by atoms with Crippen LogP contribution >= 0.6 is 11.6 Å². The SMILES string of the molecule is CC(Cl)c1nc2c(F)cccc2n1C(C)(C)C1CC1. The lowest BCUT2D eigenvalue weighted by Crippen LogP contribution is -2.30. The highest BCUT2D eigenvalue weighted by Crippen LogP contribution is 2.46. The van der Waals surface area contributed by atoms with Gasteiger partial charge >= 0.3 is 0 Å². The number of halogens is 2. The standard InChI is InChI=1S/C15H18ClFN2/c1-9(16)14-18-13-11(17)5-4-6-12(13)19(14)15(2,3)10-7-8-10/h4-6,9-10H,7-8H2,1-3H3. The molecule has 1 atom stereocenters. The predicted octanol–water partition coefficient (Wildman–Crippen LogP) is 4.62. The summed E-state index contributed by atoms with van der Waals surface area (Å²) in [5.74, 6) is 1.11. The number of imidazole rings is 1. The molecule has 1 aliphatic carbocycles. The topological polar surface area (TPSA) is 17.8 Å². The summed E-state index contributed by atoms with van der Waals surface area (Å²) >= 11 is 6.26. The second kappa shape index (κ2) is 4.20. The highest BCUT2D eigenvalue weighted by molar-refractivity contribution is 6.20. The number of aromatic nitrogens is 2. The average molecular weight is 281 g/mol. The molecule has 3 rings (SSSR count). The molecule has 2 nitrogen and oxygen atoms in total. The van der Waals surface area contributed by atoms with E-state index in [9.17, 15) is 4.39 Å². The Morgan fingerprint density at radius 1 is 1.42 bits per heavy atom. The number of nitrogens with zero attached hydrogens (tertiary/aromatic N) is 2. The Hall–Kier alpha value is -1.09. The number of para-hydroxylation sites is 1. The Kier molecular flexibility index (Phi) is 2.86. The third-order valence-corrected chi connectivity index (χ3v) is 4.37. The van der Waals surface area contributed by atoms with Crippen LogP contribution in [0.4, 0.5) is 4.39 Å². The van der Waals surface area contributed by atoms with Crippen LogP contribution in [0.5, 0.6) is 0 Å². The van der Waals surface area contributed by atoms with Gasteiger partial charge in [-0.25, -0.2) is 9.37 Å². The fourth-order valence-corrected chi connectivity index (χ4v) is 3.07. The average Bonchev–Trinajstić information content (AvgIpc) is 3.10. The quantitative estimate of drug-likeness (QED) is 0.750. The molecular weight excluding hydrogens is 263 g/mol. The van der Waals surface area contributed by atoms with Gasteiger partial charge in [-0.2, -0.15) is 0 Å². The first kappa shape index (κ1) is 12.9. The Bertz CT molecular complexity index is 626. The molecule has 102 valence electrons. The minimum atomic E-state index is -0.276. The van der Waals surface area contributed by atoms with Gasteiger partial charge in [0.25, 0.3) is 0 Å². The second-order valence-electron chi connectivity index (χ2n) is 5.96. The molecule has 0 bridgehead atoms. The van der Waals surface area contributed by atoms with Gasteiger partial charge < -0.3 is 4.57 Å². The van der Waals surface area contributed by atoms with Crippen molar-refractivity contribution < 1.29 is 4.39 Å². The van der Waals surface area contributed by atoms with Crippen molar-refractivity contribution in [1.29, 1.82) is 0 Å². The van der Waals surface area contributed by atoms with E-state index in [1.807, 2.05) is 13.0 Å². The summed E-state index contributed by atoms with van der Waals surface area (Å²) in [7, 11) is 0. The van der Waals surface area contributed by atoms with E-state index in [4.69, 9.17) is 11.6 Å². The minimum absolute atomic E-state index is 0.0684. The highest BCUT2D eigenvalue weighted by Gasteiger charge is 2.41.